The molecule has 23 heavy (non-hydrogen) atoms. The van der Waals surface area contributed by atoms with Gasteiger partial charge >= 0.3 is 5.97 Å². The summed E-state index contributed by atoms with van der Waals surface area (Å²) >= 11 is 0. The van der Waals surface area contributed by atoms with Gasteiger partial charge in [0.05, 0.1) is 0 Å². The van der Waals surface area contributed by atoms with Crippen molar-refractivity contribution in [1.82, 2.24) is 5.32 Å². The van der Waals surface area contributed by atoms with Gasteiger partial charge in [0, 0.05) is 17.2 Å². The van der Waals surface area contributed by atoms with E-state index in [1.807, 2.05) is 0 Å². The molecular formula is C17H20N2O4. The van der Waals surface area contributed by atoms with Crippen LogP contribution in [-0.2, 0) is 9.59 Å². The topological polar surface area (TPSA) is 95.5 Å². The number of carbonyl (C=O) groups is 3. The second-order valence-corrected chi connectivity index (χ2v) is 6.44. The fraction of sp³-hybridized carbons (Fsp3) is 0.471. The van der Waals surface area contributed by atoms with Gasteiger partial charge in [-0.15, -0.1) is 0 Å². The summed E-state index contributed by atoms with van der Waals surface area (Å²) in [5, 5.41) is 14.0. The predicted octanol–water partition coefficient (Wildman–Crippen LogP) is 1.87. The smallest absolute Gasteiger partial charge is 0.325 e. The van der Waals surface area contributed by atoms with Gasteiger partial charge in [0.1, 0.15) is 6.04 Å². The Balaban J connectivity index is 1.53. The molecule has 3 unspecified atom stereocenters. The van der Waals surface area contributed by atoms with Crippen molar-refractivity contribution in [2.75, 3.05) is 5.32 Å². The third-order valence-electron chi connectivity index (χ3n) is 4.54. The van der Waals surface area contributed by atoms with E-state index in [-0.39, 0.29) is 11.8 Å². The largest absolute Gasteiger partial charge is 0.480 e. The van der Waals surface area contributed by atoms with E-state index >= 15 is 0 Å². The third kappa shape index (κ3) is 3.70. The molecule has 3 N–H and O–H groups in total. The van der Waals surface area contributed by atoms with Crippen molar-refractivity contribution in [1.29, 1.82) is 0 Å². The van der Waals surface area contributed by atoms with E-state index in [2.05, 4.69) is 10.6 Å². The Morgan fingerprint density at radius 3 is 2.39 bits per heavy atom. The molecule has 3 atom stereocenters. The SMILES string of the molecule is CC(NC(=O)c1ccc(NC(=O)C2CC2C2CC2)cc1)C(=O)O. The number of rotatable bonds is 6. The molecule has 0 bridgehead atoms. The average molecular weight is 316 g/mol. The van der Waals surface area contributed by atoms with E-state index in [0.717, 1.165) is 12.3 Å². The molecule has 1 aromatic rings. The minimum atomic E-state index is -1.09. The first-order valence-electron chi connectivity index (χ1n) is 7.90. The fourth-order valence-electron chi connectivity index (χ4n) is 2.84. The lowest BCUT2D eigenvalue weighted by Crippen LogP contribution is -2.38. The quantitative estimate of drug-likeness (QED) is 0.746. The molecule has 2 saturated carbocycles. The van der Waals surface area contributed by atoms with Crippen molar-refractivity contribution in [3.63, 3.8) is 0 Å². The molecule has 0 spiro atoms. The van der Waals surface area contributed by atoms with Crippen LogP contribution in [0.4, 0.5) is 5.69 Å². The van der Waals surface area contributed by atoms with Crippen molar-refractivity contribution >= 4 is 23.5 Å². The lowest BCUT2D eigenvalue weighted by molar-refractivity contribution is -0.138. The maximum atomic E-state index is 12.1. The molecule has 6 heteroatoms. The molecule has 0 aromatic heterocycles. The van der Waals surface area contributed by atoms with E-state index in [4.69, 9.17) is 5.11 Å². The number of hydrogen-bond donors (Lipinski definition) is 3. The summed E-state index contributed by atoms with van der Waals surface area (Å²) in [7, 11) is 0. The van der Waals surface area contributed by atoms with Crippen LogP contribution >= 0.6 is 0 Å². The number of carboxylic acid groups (broad SMARTS) is 1. The lowest BCUT2D eigenvalue weighted by Gasteiger charge is -2.10. The van der Waals surface area contributed by atoms with E-state index < -0.39 is 17.9 Å². The molecule has 1 aromatic carbocycles. The Labute approximate surface area is 134 Å². The molecule has 2 aliphatic carbocycles. The van der Waals surface area contributed by atoms with Gasteiger partial charge < -0.3 is 15.7 Å². The van der Waals surface area contributed by atoms with Crippen LogP contribution in [-0.4, -0.2) is 28.9 Å². The molecule has 0 saturated heterocycles. The van der Waals surface area contributed by atoms with E-state index in [9.17, 15) is 14.4 Å². The number of nitrogens with one attached hydrogen (secondary N) is 2. The minimum absolute atomic E-state index is 0.0543. The molecule has 0 aliphatic heterocycles. The highest BCUT2D eigenvalue weighted by Gasteiger charge is 2.51. The van der Waals surface area contributed by atoms with E-state index in [1.165, 1.54) is 19.8 Å². The Hall–Kier alpha value is -2.37. The molecule has 2 aliphatic rings. The number of hydrogen-bond acceptors (Lipinski definition) is 3. The van der Waals surface area contributed by atoms with Crippen molar-refractivity contribution < 1.29 is 19.5 Å². The number of carboxylic acids is 1. The zero-order chi connectivity index (χ0) is 16.6. The van der Waals surface area contributed by atoms with Crippen LogP contribution in [0, 0.1) is 17.8 Å². The van der Waals surface area contributed by atoms with Gasteiger partial charge in [-0.25, -0.2) is 0 Å². The third-order valence-corrected chi connectivity index (χ3v) is 4.54. The van der Waals surface area contributed by atoms with Crippen LogP contribution in [0.25, 0.3) is 0 Å². The summed E-state index contributed by atoms with van der Waals surface area (Å²) in [5.41, 5.74) is 1.01. The summed E-state index contributed by atoms with van der Waals surface area (Å²) in [5.74, 6) is -0.0169. The molecule has 0 radical (unpaired) electrons. The van der Waals surface area contributed by atoms with Gasteiger partial charge in [-0.05, 0) is 62.3 Å². The summed E-state index contributed by atoms with van der Waals surface area (Å²) in [6.45, 7) is 1.40. The van der Waals surface area contributed by atoms with Crippen LogP contribution in [0.5, 0.6) is 0 Å². The molecule has 0 heterocycles. The summed E-state index contributed by atoms with van der Waals surface area (Å²) in [6, 6.07) is 5.52. The monoisotopic (exact) mass is 316 g/mol. The van der Waals surface area contributed by atoms with Crippen LogP contribution in [0.3, 0.4) is 0 Å². The summed E-state index contributed by atoms with van der Waals surface area (Å²) < 4.78 is 0. The predicted molar refractivity (Wildman–Crippen MR) is 84.0 cm³/mol. The van der Waals surface area contributed by atoms with Gasteiger partial charge in [0.25, 0.3) is 5.91 Å². The highest BCUT2D eigenvalue weighted by Crippen LogP contribution is 2.54. The highest BCUT2D eigenvalue weighted by atomic mass is 16.4. The van der Waals surface area contributed by atoms with Crippen LogP contribution in [0.15, 0.2) is 24.3 Å². The van der Waals surface area contributed by atoms with Gasteiger partial charge in [0.15, 0.2) is 0 Å². The summed E-state index contributed by atoms with van der Waals surface area (Å²) in [6.07, 6.45) is 3.50. The van der Waals surface area contributed by atoms with E-state index in [0.29, 0.717) is 17.2 Å². The van der Waals surface area contributed by atoms with Crippen LogP contribution < -0.4 is 10.6 Å². The van der Waals surface area contributed by atoms with Gasteiger partial charge in [0.2, 0.25) is 5.91 Å². The minimum Gasteiger partial charge on any atom is -0.480 e. The second kappa shape index (κ2) is 6.02. The van der Waals surface area contributed by atoms with Gasteiger partial charge in [-0.3, -0.25) is 14.4 Å². The fourth-order valence-corrected chi connectivity index (χ4v) is 2.84. The van der Waals surface area contributed by atoms with Crippen molar-refractivity contribution in [3.8, 4) is 0 Å². The normalized spacial score (nSPS) is 23.7. The average Bonchev–Trinajstić information content (AvgIpc) is 3.38. The number of benzene rings is 1. The maximum absolute atomic E-state index is 12.1. The standard InChI is InChI=1S/C17H20N2O4/c1-9(17(22)23)18-15(20)11-4-6-12(7-5-11)19-16(21)14-8-13(14)10-2-3-10/h4-7,9-10,13-14H,2-3,8H2,1H3,(H,18,20)(H,19,21)(H,22,23). The number of amides is 2. The Kier molecular flexibility index (Phi) is 4.07. The van der Waals surface area contributed by atoms with Gasteiger partial charge in [-0.1, -0.05) is 0 Å². The summed E-state index contributed by atoms with van der Waals surface area (Å²) in [4.78, 5) is 34.7. The lowest BCUT2D eigenvalue weighted by atomic mass is 10.1. The molecule has 6 nitrogen and oxygen atoms in total. The molecule has 2 fully saturated rings. The molecule has 2 amide bonds. The first-order valence-corrected chi connectivity index (χ1v) is 7.90. The molecule has 122 valence electrons. The highest BCUT2D eigenvalue weighted by molar-refractivity contribution is 5.98. The molecular weight excluding hydrogens is 296 g/mol. The van der Waals surface area contributed by atoms with Crippen molar-refractivity contribution in [2.45, 2.75) is 32.2 Å². The number of anilines is 1. The van der Waals surface area contributed by atoms with Crippen molar-refractivity contribution in [2.24, 2.45) is 17.8 Å². The van der Waals surface area contributed by atoms with Gasteiger partial charge in [-0.2, -0.15) is 0 Å². The first-order chi connectivity index (χ1) is 11.0. The van der Waals surface area contributed by atoms with Crippen molar-refractivity contribution in [3.05, 3.63) is 29.8 Å². The maximum Gasteiger partial charge on any atom is 0.325 e. The van der Waals surface area contributed by atoms with Crippen LogP contribution in [0.2, 0.25) is 0 Å². The van der Waals surface area contributed by atoms with Crippen LogP contribution in [0.1, 0.15) is 36.5 Å². The number of carbonyl (C=O) groups excluding carboxylic acids is 2. The van der Waals surface area contributed by atoms with E-state index in [1.54, 1.807) is 24.3 Å². The first kappa shape index (κ1) is 15.5. The Bertz CT molecular complexity index is 636. The zero-order valence-electron chi connectivity index (χ0n) is 12.9. The molecule has 3 rings (SSSR count). The Morgan fingerprint density at radius 2 is 1.83 bits per heavy atom. The number of aliphatic carboxylic acids is 1. The Morgan fingerprint density at radius 1 is 1.17 bits per heavy atom. The zero-order valence-corrected chi connectivity index (χ0v) is 12.9. The second-order valence-electron chi connectivity index (χ2n) is 6.44.